The van der Waals surface area contributed by atoms with Gasteiger partial charge in [0, 0.05) is 21.8 Å². The van der Waals surface area contributed by atoms with Gasteiger partial charge in [-0.05, 0) is 117 Å². The molecule has 0 aliphatic heterocycles. The number of benzene rings is 10. The zero-order valence-electron chi connectivity index (χ0n) is 28.9. The first-order chi connectivity index (χ1) is 25.5. The molecule has 0 amide bonds. The Labute approximate surface area is 300 Å². The van der Waals surface area contributed by atoms with Crippen LogP contribution >= 0.6 is 0 Å². The van der Waals surface area contributed by atoms with Crippen molar-refractivity contribution < 1.29 is 4.42 Å². The van der Waals surface area contributed by atoms with E-state index in [0.29, 0.717) is 0 Å². The van der Waals surface area contributed by atoms with E-state index in [0.717, 1.165) is 22.1 Å². The van der Waals surface area contributed by atoms with Crippen LogP contribution in [0.2, 0.25) is 0 Å². The minimum atomic E-state index is -0.128. The Morgan fingerprint density at radius 1 is 0.385 bits per heavy atom. The highest BCUT2D eigenvalue weighted by Crippen LogP contribution is 2.53. The average molecular weight is 661 g/mol. The van der Waals surface area contributed by atoms with Crippen LogP contribution in [0, 0.1) is 0 Å². The van der Waals surface area contributed by atoms with Crippen molar-refractivity contribution in [3.05, 3.63) is 169 Å². The Hall–Kier alpha value is -6.44. The summed E-state index contributed by atoms with van der Waals surface area (Å²) in [5.74, 6) is 0. The minimum absolute atomic E-state index is 0.128. The summed E-state index contributed by atoms with van der Waals surface area (Å²) in [6.45, 7) is 4.74. The lowest BCUT2D eigenvalue weighted by Crippen LogP contribution is -2.15. The summed E-state index contributed by atoms with van der Waals surface area (Å²) in [5, 5.41) is 15.1. The molecule has 1 heteroatoms. The molecule has 0 spiro atoms. The van der Waals surface area contributed by atoms with Crippen molar-refractivity contribution in [2.45, 2.75) is 19.3 Å². The van der Waals surface area contributed by atoms with E-state index in [1.165, 1.54) is 98.2 Å². The van der Waals surface area contributed by atoms with Gasteiger partial charge in [0.05, 0.1) is 0 Å². The summed E-state index contributed by atoms with van der Waals surface area (Å²) in [7, 11) is 0. The average Bonchev–Trinajstić information content (AvgIpc) is 3.67. The molecule has 12 rings (SSSR count). The van der Waals surface area contributed by atoms with Crippen LogP contribution in [-0.2, 0) is 5.41 Å². The maximum atomic E-state index is 7.02. The first-order valence-corrected chi connectivity index (χ1v) is 18.3. The monoisotopic (exact) mass is 660 g/mol. The number of rotatable bonds is 2. The standard InChI is InChI=1S/C51H32O/c1-51(2)43-25-19-29-8-5-6-13-36(29)48(43)41-22-18-35(27-44(41)51)37-23-24-40(49-42-26-33-9-3-4-10-34(33)28-45(42)52-50(37)49)38-20-16-32-15-14-30-11-7-12-31-17-21-39(38)47(32)46(30)31/h3-28H,1-2H3. The molecule has 0 N–H and O–H groups in total. The second-order valence-corrected chi connectivity index (χ2v) is 15.2. The van der Waals surface area contributed by atoms with Crippen LogP contribution in [0.1, 0.15) is 25.0 Å². The highest BCUT2D eigenvalue weighted by Gasteiger charge is 2.37. The van der Waals surface area contributed by atoms with E-state index >= 15 is 0 Å². The van der Waals surface area contributed by atoms with E-state index in [9.17, 15) is 0 Å². The molecule has 0 fully saturated rings. The van der Waals surface area contributed by atoms with E-state index in [4.69, 9.17) is 4.42 Å². The first kappa shape index (κ1) is 28.3. The molecule has 0 bridgehead atoms. The molecular weight excluding hydrogens is 629 g/mol. The smallest absolute Gasteiger partial charge is 0.143 e. The van der Waals surface area contributed by atoms with Crippen molar-refractivity contribution >= 4 is 75.8 Å². The van der Waals surface area contributed by atoms with Gasteiger partial charge in [0.15, 0.2) is 0 Å². The van der Waals surface area contributed by atoms with E-state index < -0.39 is 0 Å². The molecule has 242 valence electrons. The van der Waals surface area contributed by atoms with Gasteiger partial charge in [0.2, 0.25) is 0 Å². The molecule has 1 heterocycles. The molecule has 1 aliphatic rings. The molecule has 0 atom stereocenters. The van der Waals surface area contributed by atoms with Crippen molar-refractivity contribution in [1.29, 1.82) is 0 Å². The molecule has 0 radical (unpaired) electrons. The number of furan rings is 1. The van der Waals surface area contributed by atoms with Gasteiger partial charge in [-0.3, -0.25) is 0 Å². The highest BCUT2D eigenvalue weighted by atomic mass is 16.3. The van der Waals surface area contributed by atoms with E-state index in [2.05, 4.69) is 172 Å². The Bertz CT molecular complexity index is 3300. The quantitative estimate of drug-likeness (QED) is 0.168. The van der Waals surface area contributed by atoms with Crippen molar-refractivity contribution in [2.75, 3.05) is 0 Å². The lowest BCUT2D eigenvalue weighted by molar-refractivity contribution is 0.660. The van der Waals surface area contributed by atoms with Crippen molar-refractivity contribution in [3.8, 4) is 33.4 Å². The topological polar surface area (TPSA) is 13.1 Å². The zero-order chi connectivity index (χ0) is 34.3. The number of hydrogen-bond donors (Lipinski definition) is 0. The summed E-state index contributed by atoms with van der Waals surface area (Å²) < 4.78 is 7.02. The maximum absolute atomic E-state index is 7.02. The molecule has 0 unspecified atom stereocenters. The highest BCUT2D eigenvalue weighted by molar-refractivity contribution is 6.28. The number of fused-ring (bicyclic) bond motifs is 9. The fourth-order valence-corrected chi connectivity index (χ4v) is 9.66. The van der Waals surface area contributed by atoms with Crippen LogP contribution in [0.25, 0.3) is 109 Å². The van der Waals surface area contributed by atoms with Gasteiger partial charge < -0.3 is 4.42 Å². The van der Waals surface area contributed by atoms with Crippen LogP contribution < -0.4 is 0 Å². The maximum Gasteiger partial charge on any atom is 0.143 e. The second-order valence-electron chi connectivity index (χ2n) is 15.2. The first-order valence-electron chi connectivity index (χ1n) is 18.3. The molecular formula is C51H32O. The van der Waals surface area contributed by atoms with Crippen LogP contribution in [0.15, 0.2) is 162 Å². The molecule has 1 aliphatic carbocycles. The Morgan fingerprint density at radius 3 is 1.87 bits per heavy atom. The Balaban J connectivity index is 1.15. The second kappa shape index (κ2) is 9.87. The van der Waals surface area contributed by atoms with E-state index in [1.807, 2.05) is 0 Å². The summed E-state index contributed by atoms with van der Waals surface area (Å²) >= 11 is 0. The van der Waals surface area contributed by atoms with Gasteiger partial charge in [0.1, 0.15) is 11.2 Å². The van der Waals surface area contributed by atoms with Crippen LogP contribution in [-0.4, -0.2) is 0 Å². The summed E-state index contributed by atoms with van der Waals surface area (Å²) in [6, 6.07) is 58.6. The van der Waals surface area contributed by atoms with Gasteiger partial charge in [-0.2, -0.15) is 0 Å². The van der Waals surface area contributed by atoms with E-state index in [1.54, 1.807) is 0 Å². The largest absolute Gasteiger partial charge is 0.455 e. The molecule has 11 aromatic rings. The molecule has 10 aromatic carbocycles. The van der Waals surface area contributed by atoms with Crippen LogP contribution in [0.5, 0.6) is 0 Å². The lowest BCUT2D eigenvalue weighted by atomic mass is 9.81. The van der Waals surface area contributed by atoms with Crippen LogP contribution in [0.4, 0.5) is 0 Å². The lowest BCUT2D eigenvalue weighted by Gasteiger charge is -2.22. The van der Waals surface area contributed by atoms with Gasteiger partial charge in [-0.1, -0.05) is 147 Å². The third-order valence-electron chi connectivity index (χ3n) is 12.2. The Morgan fingerprint density at radius 2 is 1.02 bits per heavy atom. The summed E-state index contributed by atoms with van der Waals surface area (Å²) in [6.07, 6.45) is 0. The van der Waals surface area contributed by atoms with Gasteiger partial charge in [0.25, 0.3) is 0 Å². The molecule has 1 aromatic heterocycles. The predicted molar refractivity (Wildman–Crippen MR) is 221 cm³/mol. The summed E-state index contributed by atoms with van der Waals surface area (Å²) in [5.41, 5.74) is 11.9. The van der Waals surface area contributed by atoms with Gasteiger partial charge >= 0.3 is 0 Å². The normalized spacial score (nSPS) is 13.7. The zero-order valence-corrected chi connectivity index (χ0v) is 28.9. The molecule has 0 saturated heterocycles. The third-order valence-corrected chi connectivity index (χ3v) is 12.2. The van der Waals surface area contributed by atoms with E-state index in [-0.39, 0.29) is 5.41 Å². The molecule has 0 saturated carbocycles. The number of hydrogen-bond acceptors (Lipinski definition) is 1. The van der Waals surface area contributed by atoms with Gasteiger partial charge in [-0.25, -0.2) is 0 Å². The molecule has 1 nitrogen and oxygen atoms in total. The fraction of sp³-hybridized carbons (Fsp3) is 0.0588. The van der Waals surface area contributed by atoms with Crippen molar-refractivity contribution in [2.24, 2.45) is 0 Å². The van der Waals surface area contributed by atoms with Crippen LogP contribution in [0.3, 0.4) is 0 Å². The van der Waals surface area contributed by atoms with Gasteiger partial charge in [-0.15, -0.1) is 0 Å². The Kier molecular flexibility index (Phi) is 5.37. The van der Waals surface area contributed by atoms with Crippen molar-refractivity contribution in [1.82, 2.24) is 0 Å². The minimum Gasteiger partial charge on any atom is -0.455 e. The predicted octanol–water partition coefficient (Wildman–Crippen LogP) is 14.4. The SMILES string of the molecule is CC1(C)c2cc(-c3ccc(-c4ccc5ccc6cccc7ccc4c5c67)c4c3oc3cc5ccccc5cc34)ccc2-c2c1ccc1ccccc21. The van der Waals surface area contributed by atoms with Crippen molar-refractivity contribution in [3.63, 3.8) is 0 Å². The molecule has 52 heavy (non-hydrogen) atoms. The summed E-state index contributed by atoms with van der Waals surface area (Å²) in [4.78, 5) is 0. The fourth-order valence-electron chi connectivity index (χ4n) is 9.66. The third kappa shape index (κ3) is 3.62.